The molecule has 0 bridgehead atoms. The van der Waals surface area contributed by atoms with Gasteiger partial charge in [0.15, 0.2) is 0 Å². The van der Waals surface area contributed by atoms with Crippen LogP contribution in [0.1, 0.15) is 5.56 Å². The van der Waals surface area contributed by atoms with Gasteiger partial charge in [-0.05, 0) is 39.7 Å². The van der Waals surface area contributed by atoms with Gasteiger partial charge in [-0.1, -0.05) is 23.7 Å². The van der Waals surface area contributed by atoms with Crippen molar-refractivity contribution in [1.29, 1.82) is 0 Å². The van der Waals surface area contributed by atoms with Gasteiger partial charge in [-0.3, -0.25) is 0 Å². The van der Waals surface area contributed by atoms with Gasteiger partial charge in [0, 0.05) is 11.9 Å². The van der Waals surface area contributed by atoms with Gasteiger partial charge < -0.3 is 4.74 Å². The molecule has 0 aliphatic heterocycles. The lowest BCUT2D eigenvalue weighted by atomic mass is 10.2. The summed E-state index contributed by atoms with van der Waals surface area (Å²) in [7, 11) is 0. The van der Waals surface area contributed by atoms with E-state index in [0.717, 1.165) is 5.56 Å². The predicted molar refractivity (Wildman–Crippen MR) is 75.2 cm³/mol. The minimum atomic E-state index is -0.521. The maximum absolute atomic E-state index is 13.3. The van der Waals surface area contributed by atoms with E-state index in [9.17, 15) is 4.39 Å². The van der Waals surface area contributed by atoms with E-state index in [4.69, 9.17) is 27.9 Å². The number of alkyl halides is 1. The molecule has 0 spiro atoms. The van der Waals surface area contributed by atoms with Gasteiger partial charge in [-0.25, -0.2) is 4.39 Å². The van der Waals surface area contributed by atoms with Crippen molar-refractivity contribution in [2.75, 3.05) is 0 Å². The molecule has 5 heteroatoms. The molecule has 0 radical (unpaired) electrons. The first-order valence-electron chi connectivity index (χ1n) is 5.07. The molecule has 18 heavy (non-hydrogen) atoms. The summed E-state index contributed by atoms with van der Waals surface area (Å²) in [5.74, 6) is 0.897. The molecule has 2 aromatic rings. The summed E-state index contributed by atoms with van der Waals surface area (Å²) in [6.45, 7) is 0. The Hall–Kier alpha value is -0.770. The van der Waals surface area contributed by atoms with Crippen LogP contribution in [0.3, 0.4) is 0 Å². The molecule has 0 saturated heterocycles. The van der Waals surface area contributed by atoms with Crippen molar-refractivity contribution in [3.63, 3.8) is 0 Å². The normalized spacial score (nSPS) is 10.4. The fraction of sp³-hybridized carbons (Fsp3) is 0.0769. The number of hydrogen-bond acceptors (Lipinski definition) is 1. The average molecular weight is 350 g/mol. The van der Waals surface area contributed by atoms with Gasteiger partial charge in [0.1, 0.15) is 17.3 Å². The van der Waals surface area contributed by atoms with Crippen LogP contribution in [0.15, 0.2) is 40.9 Å². The zero-order chi connectivity index (χ0) is 13.1. The number of benzene rings is 2. The van der Waals surface area contributed by atoms with Crippen molar-refractivity contribution < 1.29 is 9.13 Å². The van der Waals surface area contributed by atoms with Crippen LogP contribution in [-0.2, 0) is 5.88 Å². The largest absolute Gasteiger partial charge is 0.456 e. The molecule has 0 fully saturated rings. The zero-order valence-corrected chi connectivity index (χ0v) is 12.2. The number of halogens is 4. The average Bonchev–Trinajstić information content (AvgIpc) is 2.37. The van der Waals surface area contributed by atoms with Crippen LogP contribution in [0.2, 0.25) is 5.02 Å². The van der Waals surface area contributed by atoms with Crippen LogP contribution in [0.25, 0.3) is 0 Å². The fourth-order valence-corrected chi connectivity index (χ4v) is 2.25. The standard InChI is InChI=1S/C13H8BrCl2FO/c14-10-5-11(16)12(17)6-13(10)18-9-3-1-8(7-15)2-4-9/h1-6H,7H2. The smallest absolute Gasteiger partial charge is 0.145 e. The molecule has 0 amide bonds. The van der Waals surface area contributed by atoms with E-state index in [1.54, 1.807) is 12.1 Å². The van der Waals surface area contributed by atoms with Crippen molar-refractivity contribution in [1.82, 2.24) is 0 Å². The van der Waals surface area contributed by atoms with E-state index in [-0.39, 0.29) is 5.02 Å². The van der Waals surface area contributed by atoms with Gasteiger partial charge >= 0.3 is 0 Å². The fourth-order valence-electron chi connectivity index (χ4n) is 1.36. The first kappa shape index (κ1) is 13.7. The third-order valence-corrected chi connectivity index (χ3v) is 3.50. The molecular weight excluding hydrogens is 342 g/mol. The predicted octanol–water partition coefficient (Wildman–Crippen LogP) is 5.77. The zero-order valence-electron chi connectivity index (χ0n) is 9.09. The van der Waals surface area contributed by atoms with Crippen LogP contribution in [-0.4, -0.2) is 0 Å². The molecule has 0 heterocycles. The molecule has 0 aliphatic rings. The minimum Gasteiger partial charge on any atom is -0.456 e. The third-order valence-electron chi connectivity index (χ3n) is 2.28. The lowest BCUT2D eigenvalue weighted by Crippen LogP contribution is -1.88. The Morgan fingerprint density at radius 3 is 2.44 bits per heavy atom. The Labute approximate surface area is 123 Å². The Balaban J connectivity index is 2.25. The van der Waals surface area contributed by atoms with Crippen LogP contribution in [0, 0.1) is 5.82 Å². The topological polar surface area (TPSA) is 9.23 Å². The van der Waals surface area contributed by atoms with E-state index in [1.807, 2.05) is 12.1 Å². The highest BCUT2D eigenvalue weighted by Crippen LogP contribution is 2.33. The summed E-state index contributed by atoms with van der Waals surface area (Å²) in [4.78, 5) is 0. The van der Waals surface area contributed by atoms with Crippen LogP contribution in [0.4, 0.5) is 4.39 Å². The molecule has 94 valence electrons. The molecule has 0 unspecified atom stereocenters. The molecular formula is C13H8BrCl2FO. The van der Waals surface area contributed by atoms with Crippen molar-refractivity contribution in [2.24, 2.45) is 0 Å². The quantitative estimate of drug-likeness (QED) is 0.504. The second-order valence-electron chi connectivity index (χ2n) is 3.58. The Bertz CT molecular complexity index is 558. The highest BCUT2D eigenvalue weighted by Gasteiger charge is 2.08. The van der Waals surface area contributed by atoms with Gasteiger partial charge in [-0.15, -0.1) is 11.6 Å². The van der Waals surface area contributed by atoms with Gasteiger partial charge in [0.25, 0.3) is 0 Å². The number of rotatable bonds is 3. The first-order valence-corrected chi connectivity index (χ1v) is 6.78. The van der Waals surface area contributed by atoms with Crippen molar-refractivity contribution in [2.45, 2.75) is 5.88 Å². The highest BCUT2D eigenvalue weighted by atomic mass is 79.9. The van der Waals surface area contributed by atoms with E-state index >= 15 is 0 Å². The summed E-state index contributed by atoms with van der Waals surface area (Å²) >= 11 is 14.6. The van der Waals surface area contributed by atoms with E-state index < -0.39 is 5.82 Å². The van der Waals surface area contributed by atoms with Crippen LogP contribution < -0.4 is 4.74 Å². The molecule has 0 saturated carbocycles. The SMILES string of the molecule is Fc1cc(Oc2ccc(CCl)cc2)c(Br)cc1Cl. The van der Waals surface area contributed by atoms with Gasteiger partial charge in [0.05, 0.1) is 9.50 Å². The molecule has 0 aromatic heterocycles. The summed E-state index contributed by atoms with van der Waals surface area (Å²) in [5.41, 5.74) is 0.991. The lowest BCUT2D eigenvalue weighted by Gasteiger charge is -2.09. The summed E-state index contributed by atoms with van der Waals surface area (Å²) in [6, 6.07) is 9.94. The van der Waals surface area contributed by atoms with Crippen LogP contribution >= 0.6 is 39.1 Å². The van der Waals surface area contributed by atoms with E-state index in [2.05, 4.69) is 15.9 Å². The third kappa shape index (κ3) is 3.16. The molecule has 0 atom stereocenters. The molecule has 2 rings (SSSR count). The lowest BCUT2D eigenvalue weighted by molar-refractivity contribution is 0.473. The van der Waals surface area contributed by atoms with Gasteiger partial charge in [-0.2, -0.15) is 0 Å². The second-order valence-corrected chi connectivity index (χ2v) is 5.11. The van der Waals surface area contributed by atoms with Crippen LogP contribution in [0.5, 0.6) is 11.5 Å². The Kier molecular flexibility index (Phi) is 4.49. The Morgan fingerprint density at radius 2 is 1.83 bits per heavy atom. The maximum atomic E-state index is 13.3. The monoisotopic (exact) mass is 348 g/mol. The summed E-state index contributed by atoms with van der Waals surface area (Å²) < 4.78 is 19.5. The number of hydrogen-bond donors (Lipinski definition) is 0. The number of ether oxygens (including phenoxy) is 1. The highest BCUT2D eigenvalue weighted by molar-refractivity contribution is 9.10. The maximum Gasteiger partial charge on any atom is 0.145 e. The van der Waals surface area contributed by atoms with Gasteiger partial charge in [0.2, 0.25) is 0 Å². The first-order chi connectivity index (χ1) is 8.60. The van der Waals surface area contributed by atoms with Crippen molar-refractivity contribution in [3.05, 3.63) is 57.3 Å². The molecule has 0 N–H and O–H groups in total. The minimum absolute atomic E-state index is 0.0479. The second kappa shape index (κ2) is 5.91. The molecule has 1 nitrogen and oxygen atoms in total. The van der Waals surface area contributed by atoms with E-state index in [1.165, 1.54) is 12.1 Å². The molecule has 2 aromatic carbocycles. The Morgan fingerprint density at radius 1 is 1.17 bits per heavy atom. The summed E-state index contributed by atoms with van der Waals surface area (Å²) in [6.07, 6.45) is 0. The van der Waals surface area contributed by atoms with E-state index in [0.29, 0.717) is 21.9 Å². The van der Waals surface area contributed by atoms with Crippen molar-refractivity contribution >= 4 is 39.1 Å². The van der Waals surface area contributed by atoms with Crippen molar-refractivity contribution in [3.8, 4) is 11.5 Å². The summed E-state index contributed by atoms with van der Waals surface area (Å²) in [5, 5.41) is 0.0479. The molecule has 0 aliphatic carbocycles.